The number of nitrogens with two attached hydrogens (primary N) is 3. The molecule has 0 aliphatic carbocycles. The second-order valence-corrected chi connectivity index (χ2v) is 7.72. The molecule has 0 aromatic heterocycles. The van der Waals surface area contributed by atoms with Crippen LogP contribution in [0.4, 0.5) is 0 Å². The molecule has 0 aromatic carbocycles. The third kappa shape index (κ3) is 10.4. The number of aliphatic imine (C=N–C) groups is 1. The van der Waals surface area contributed by atoms with Gasteiger partial charge in [-0.25, -0.2) is 4.79 Å². The van der Waals surface area contributed by atoms with Crippen molar-refractivity contribution in [3.8, 4) is 0 Å². The number of rotatable bonds is 14. The van der Waals surface area contributed by atoms with Gasteiger partial charge >= 0.3 is 5.97 Å². The molecule has 0 radical (unpaired) electrons. The number of guanidine groups is 1. The van der Waals surface area contributed by atoms with Gasteiger partial charge in [-0.2, -0.15) is 0 Å². The van der Waals surface area contributed by atoms with E-state index in [4.69, 9.17) is 17.2 Å². The van der Waals surface area contributed by atoms with Crippen LogP contribution in [-0.4, -0.2) is 76.7 Å². The molecule has 0 saturated heterocycles. The molecule has 0 spiro atoms. The van der Waals surface area contributed by atoms with Gasteiger partial charge in [0.05, 0.1) is 12.1 Å². The SMILES string of the molecule is CCC(C)C(N)C(=O)NC(C(=O)NC(C)C(=O)NC(CCCN=C(N)N)C(=O)O)C(C)O. The third-order valence-corrected chi connectivity index (χ3v) is 4.93. The molecule has 0 aliphatic rings. The zero-order valence-electron chi connectivity index (χ0n) is 19.0. The van der Waals surface area contributed by atoms with E-state index in [9.17, 15) is 29.4 Å². The number of carboxylic acid groups (broad SMARTS) is 1. The molecule has 0 heterocycles. The Bertz CT molecular complexity index is 681. The summed E-state index contributed by atoms with van der Waals surface area (Å²) in [7, 11) is 0. The molecule has 6 unspecified atom stereocenters. The van der Waals surface area contributed by atoms with Crippen LogP contribution in [0, 0.1) is 5.92 Å². The quantitative estimate of drug-likeness (QED) is 0.0768. The van der Waals surface area contributed by atoms with E-state index in [1.54, 1.807) is 6.92 Å². The summed E-state index contributed by atoms with van der Waals surface area (Å²) in [5.74, 6) is -3.69. The number of nitrogens with zero attached hydrogens (tertiary/aromatic N) is 1. The van der Waals surface area contributed by atoms with Crippen LogP contribution in [0.15, 0.2) is 4.99 Å². The van der Waals surface area contributed by atoms with Gasteiger partial charge in [0.1, 0.15) is 18.1 Å². The lowest BCUT2D eigenvalue weighted by molar-refractivity contribution is -0.142. The normalized spacial score (nSPS) is 16.4. The van der Waals surface area contributed by atoms with E-state index < -0.39 is 54.0 Å². The van der Waals surface area contributed by atoms with Gasteiger partial charge in [0.15, 0.2) is 5.96 Å². The lowest BCUT2D eigenvalue weighted by atomic mass is 9.98. The van der Waals surface area contributed by atoms with E-state index in [2.05, 4.69) is 20.9 Å². The van der Waals surface area contributed by atoms with E-state index in [1.165, 1.54) is 13.8 Å². The summed E-state index contributed by atoms with van der Waals surface area (Å²) in [6.45, 7) is 6.49. The largest absolute Gasteiger partial charge is 0.480 e. The van der Waals surface area contributed by atoms with Gasteiger partial charge < -0.3 is 43.4 Å². The fourth-order valence-corrected chi connectivity index (χ4v) is 2.59. The standard InChI is InChI=1S/C19H37N7O6/c1-5-9(2)13(20)16(29)26-14(11(4)27)17(30)24-10(3)15(28)25-12(18(31)32)7-6-8-23-19(21)22/h9-14,27H,5-8,20H2,1-4H3,(H,24,30)(H,25,28)(H,26,29)(H,31,32)(H4,21,22,23). The number of aliphatic carboxylic acids is 1. The minimum absolute atomic E-state index is 0.0678. The van der Waals surface area contributed by atoms with Crippen molar-refractivity contribution in [2.45, 2.75) is 77.2 Å². The number of hydrogen-bond donors (Lipinski definition) is 8. The van der Waals surface area contributed by atoms with Crippen molar-refractivity contribution in [2.24, 2.45) is 28.1 Å². The summed E-state index contributed by atoms with van der Waals surface area (Å²) in [6.07, 6.45) is -0.241. The summed E-state index contributed by atoms with van der Waals surface area (Å²) < 4.78 is 0. The van der Waals surface area contributed by atoms with Crippen LogP contribution in [-0.2, 0) is 19.2 Å². The minimum Gasteiger partial charge on any atom is -0.480 e. The van der Waals surface area contributed by atoms with E-state index in [0.717, 1.165) is 0 Å². The second-order valence-electron chi connectivity index (χ2n) is 7.72. The summed E-state index contributed by atoms with van der Waals surface area (Å²) in [6, 6.07) is -4.56. The first-order valence-electron chi connectivity index (χ1n) is 10.4. The van der Waals surface area contributed by atoms with Crippen LogP contribution in [0.5, 0.6) is 0 Å². The summed E-state index contributed by atoms with van der Waals surface area (Å²) in [5, 5.41) is 26.3. The average molecular weight is 460 g/mol. The highest BCUT2D eigenvalue weighted by molar-refractivity contribution is 5.94. The Kier molecular flexibility index (Phi) is 12.9. The van der Waals surface area contributed by atoms with Crippen molar-refractivity contribution in [3.05, 3.63) is 0 Å². The van der Waals surface area contributed by atoms with Crippen molar-refractivity contribution in [2.75, 3.05) is 6.54 Å². The van der Waals surface area contributed by atoms with Gasteiger partial charge in [-0.05, 0) is 32.6 Å². The first-order chi connectivity index (χ1) is 14.8. The molecule has 3 amide bonds. The highest BCUT2D eigenvalue weighted by atomic mass is 16.4. The van der Waals surface area contributed by atoms with Gasteiger partial charge in [0, 0.05) is 6.54 Å². The highest BCUT2D eigenvalue weighted by Crippen LogP contribution is 2.06. The highest BCUT2D eigenvalue weighted by Gasteiger charge is 2.31. The van der Waals surface area contributed by atoms with Gasteiger partial charge in [-0.15, -0.1) is 0 Å². The molecule has 0 aromatic rings. The average Bonchev–Trinajstić information content (AvgIpc) is 2.71. The molecule has 0 bridgehead atoms. The molecular formula is C19H37N7O6. The molecule has 0 saturated carbocycles. The van der Waals surface area contributed by atoms with Crippen molar-refractivity contribution in [1.82, 2.24) is 16.0 Å². The fraction of sp³-hybridized carbons (Fsp3) is 0.737. The predicted octanol–water partition coefficient (Wildman–Crippen LogP) is -2.65. The number of aliphatic hydroxyl groups is 1. The van der Waals surface area contributed by atoms with Crippen LogP contribution in [0.25, 0.3) is 0 Å². The molecule has 0 rings (SSSR count). The molecule has 32 heavy (non-hydrogen) atoms. The van der Waals surface area contributed by atoms with Gasteiger partial charge in [-0.3, -0.25) is 19.4 Å². The lowest BCUT2D eigenvalue weighted by Gasteiger charge is -2.26. The molecule has 184 valence electrons. The minimum atomic E-state index is -1.34. The van der Waals surface area contributed by atoms with Crippen LogP contribution >= 0.6 is 0 Å². The maximum absolute atomic E-state index is 12.5. The number of aliphatic hydroxyl groups excluding tert-OH is 1. The topological polar surface area (TPSA) is 235 Å². The Labute approximate surface area is 187 Å². The van der Waals surface area contributed by atoms with Gasteiger partial charge in [0.25, 0.3) is 0 Å². The Morgan fingerprint density at radius 3 is 2.03 bits per heavy atom. The van der Waals surface area contributed by atoms with Crippen LogP contribution < -0.4 is 33.2 Å². The van der Waals surface area contributed by atoms with Crippen molar-refractivity contribution >= 4 is 29.7 Å². The Morgan fingerprint density at radius 2 is 1.56 bits per heavy atom. The molecular weight excluding hydrogens is 422 g/mol. The van der Waals surface area contributed by atoms with E-state index in [-0.39, 0.29) is 24.8 Å². The first-order valence-corrected chi connectivity index (χ1v) is 10.4. The number of hydrogen-bond acceptors (Lipinski definition) is 7. The Hall–Kier alpha value is -2.93. The van der Waals surface area contributed by atoms with Crippen molar-refractivity contribution in [3.63, 3.8) is 0 Å². The van der Waals surface area contributed by atoms with E-state index in [1.807, 2.05) is 6.92 Å². The number of amides is 3. The Balaban J connectivity index is 4.97. The zero-order valence-corrected chi connectivity index (χ0v) is 19.0. The lowest BCUT2D eigenvalue weighted by Crippen LogP contribution is -2.59. The molecule has 6 atom stereocenters. The molecule has 13 heteroatoms. The maximum atomic E-state index is 12.5. The number of carbonyl (C=O) groups excluding carboxylic acids is 3. The van der Waals surface area contributed by atoms with Crippen LogP contribution in [0.3, 0.4) is 0 Å². The third-order valence-electron chi connectivity index (χ3n) is 4.93. The molecule has 0 fully saturated rings. The summed E-state index contributed by atoms with van der Waals surface area (Å²) in [4.78, 5) is 52.3. The van der Waals surface area contributed by atoms with Gasteiger partial charge in [0.2, 0.25) is 17.7 Å². The second kappa shape index (κ2) is 14.2. The first kappa shape index (κ1) is 29.1. The maximum Gasteiger partial charge on any atom is 0.326 e. The van der Waals surface area contributed by atoms with E-state index >= 15 is 0 Å². The zero-order chi connectivity index (χ0) is 25.0. The van der Waals surface area contributed by atoms with Gasteiger partial charge in [-0.1, -0.05) is 20.3 Å². The molecule has 0 aliphatic heterocycles. The molecule has 11 N–H and O–H groups in total. The number of nitrogens with one attached hydrogen (secondary N) is 3. The fourth-order valence-electron chi connectivity index (χ4n) is 2.59. The summed E-state index contributed by atoms with van der Waals surface area (Å²) >= 11 is 0. The van der Waals surface area contributed by atoms with Crippen molar-refractivity contribution in [1.29, 1.82) is 0 Å². The van der Waals surface area contributed by atoms with E-state index in [0.29, 0.717) is 12.8 Å². The Morgan fingerprint density at radius 1 is 0.969 bits per heavy atom. The summed E-state index contributed by atoms with van der Waals surface area (Å²) in [5.41, 5.74) is 16.3. The number of carboxylic acids is 1. The van der Waals surface area contributed by atoms with Crippen molar-refractivity contribution < 1.29 is 29.4 Å². The van der Waals surface area contributed by atoms with Crippen LogP contribution in [0.2, 0.25) is 0 Å². The predicted molar refractivity (Wildman–Crippen MR) is 118 cm³/mol. The smallest absolute Gasteiger partial charge is 0.326 e. The monoisotopic (exact) mass is 459 g/mol. The number of carbonyl (C=O) groups is 4. The molecule has 13 nitrogen and oxygen atoms in total. The van der Waals surface area contributed by atoms with Crippen LogP contribution in [0.1, 0.15) is 47.0 Å².